The maximum atomic E-state index is 9.67. The molecule has 3 rings (SSSR count). The van der Waals surface area contributed by atoms with E-state index >= 15 is 0 Å². The number of nitrogens with one attached hydrogen (secondary N) is 1. The quantitative estimate of drug-likeness (QED) is 0.684. The van der Waals surface area contributed by atoms with Crippen molar-refractivity contribution in [2.24, 2.45) is 0 Å². The van der Waals surface area contributed by atoms with Crippen LogP contribution in [0.2, 0.25) is 0 Å². The van der Waals surface area contributed by atoms with Gasteiger partial charge in [0.1, 0.15) is 0 Å². The van der Waals surface area contributed by atoms with Crippen LogP contribution >= 0.6 is 10.8 Å². The third-order valence-electron chi connectivity index (χ3n) is 3.26. The van der Waals surface area contributed by atoms with E-state index in [1.807, 2.05) is 36.4 Å². The van der Waals surface area contributed by atoms with Crippen LogP contribution in [0.25, 0.3) is 0 Å². The van der Waals surface area contributed by atoms with Crippen LogP contribution in [0.1, 0.15) is 6.42 Å². The number of nitriles is 1. The molecule has 1 aromatic rings. The van der Waals surface area contributed by atoms with E-state index in [-0.39, 0.29) is 6.04 Å². The monoisotopic (exact) mass is 296 g/mol. The summed E-state index contributed by atoms with van der Waals surface area (Å²) in [5.74, 6) is 0.385. The Morgan fingerprint density at radius 2 is 1.75 bits per heavy atom. The second kappa shape index (κ2) is 6.92. The lowest BCUT2D eigenvalue weighted by molar-refractivity contribution is 0.247. The number of nitrogens with zero attached hydrogens (tertiary/aromatic N) is 3. The van der Waals surface area contributed by atoms with Crippen molar-refractivity contribution >= 4 is 10.8 Å². The van der Waals surface area contributed by atoms with Gasteiger partial charge in [-0.3, -0.25) is 9.11 Å². The van der Waals surface area contributed by atoms with Gasteiger partial charge in [-0.05, 0) is 6.42 Å². The molecule has 110 valence electrons. The van der Waals surface area contributed by atoms with Gasteiger partial charge in [0, 0.05) is 19.6 Å². The summed E-state index contributed by atoms with van der Waals surface area (Å²) in [6, 6.07) is 12.0. The summed E-state index contributed by atoms with van der Waals surface area (Å²) < 4.78 is 20.9. The van der Waals surface area contributed by atoms with Crippen molar-refractivity contribution in [2.45, 2.75) is 12.5 Å². The van der Waals surface area contributed by atoms with Crippen LogP contribution < -0.4 is 5.43 Å². The molecule has 1 unspecified atom stereocenters. The molecule has 2 aliphatic rings. The number of hydrogen-bond donors (Lipinski definition) is 3. The molecule has 20 heavy (non-hydrogen) atoms. The number of hydrazine groups is 1. The lowest BCUT2D eigenvalue weighted by Crippen LogP contribution is -2.42. The van der Waals surface area contributed by atoms with Crippen molar-refractivity contribution in [1.82, 2.24) is 14.7 Å². The minimum Gasteiger partial charge on any atom is -0.309 e. The molecule has 3 N–H and O–H groups in total. The van der Waals surface area contributed by atoms with Crippen molar-refractivity contribution in [3.05, 3.63) is 36.4 Å². The minimum absolute atomic E-state index is 0.0437. The molecule has 0 saturated carbocycles. The van der Waals surface area contributed by atoms with E-state index in [4.69, 9.17) is 5.26 Å². The maximum Gasteiger partial charge on any atom is 0.179 e. The Morgan fingerprint density at radius 3 is 2.15 bits per heavy atom. The smallest absolute Gasteiger partial charge is 0.179 e. The Hall–Kier alpha value is -1.30. The Kier molecular flexibility index (Phi) is 5.23. The van der Waals surface area contributed by atoms with Crippen LogP contribution in [0.4, 0.5) is 0 Å². The fourth-order valence-corrected chi connectivity index (χ4v) is 3.78. The molecule has 2 fully saturated rings. The average Bonchev–Trinajstić information content (AvgIpc) is 3.07. The highest BCUT2D eigenvalue weighted by atomic mass is 32.3. The molecule has 7 heteroatoms. The second-order valence-electron chi connectivity index (χ2n) is 4.71. The van der Waals surface area contributed by atoms with Gasteiger partial charge < -0.3 is 4.90 Å². The van der Waals surface area contributed by atoms with Gasteiger partial charge in [0.2, 0.25) is 0 Å². The summed E-state index contributed by atoms with van der Waals surface area (Å²) in [5, 5.41) is 8.68. The van der Waals surface area contributed by atoms with Crippen LogP contribution in [0.5, 0.6) is 0 Å². The highest BCUT2D eigenvalue weighted by Gasteiger charge is 2.38. The predicted molar refractivity (Wildman–Crippen MR) is 79.6 cm³/mol. The first-order chi connectivity index (χ1) is 9.63. The molecule has 0 aliphatic carbocycles. The van der Waals surface area contributed by atoms with Gasteiger partial charge in [0.25, 0.3) is 0 Å². The zero-order valence-electron chi connectivity index (χ0n) is 11.2. The topological polar surface area (TPSA) is 82.8 Å². The van der Waals surface area contributed by atoms with Gasteiger partial charge >= 0.3 is 0 Å². The SMILES string of the molecule is N#CN1CCC(N2NCCS2(O)O)C1.c1ccccc1. The second-order valence-corrected chi connectivity index (χ2v) is 6.78. The largest absolute Gasteiger partial charge is 0.309 e. The summed E-state index contributed by atoms with van der Waals surface area (Å²) in [6.45, 7) is 1.89. The fraction of sp³-hybridized carbons (Fsp3) is 0.462. The molecular formula is C13H20N4O2S. The number of likely N-dealkylation sites (tertiary alicyclic amines) is 1. The highest BCUT2D eigenvalue weighted by Crippen LogP contribution is 2.46. The van der Waals surface area contributed by atoms with Crippen LogP contribution in [0.15, 0.2) is 36.4 Å². The van der Waals surface area contributed by atoms with Gasteiger partial charge in [0.05, 0.1) is 11.8 Å². The van der Waals surface area contributed by atoms with Gasteiger partial charge in [-0.2, -0.15) is 5.26 Å². The Balaban J connectivity index is 0.000000205. The molecule has 0 aromatic heterocycles. The molecule has 2 saturated heterocycles. The van der Waals surface area contributed by atoms with E-state index in [9.17, 15) is 9.11 Å². The average molecular weight is 296 g/mol. The number of rotatable bonds is 1. The summed E-state index contributed by atoms with van der Waals surface area (Å²) in [6.07, 6.45) is 2.87. The zero-order chi connectivity index (χ0) is 14.4. The first-order valence-electron chi connectivity index (χ1n) is 6.57. The maximum absolute atomic E-state index is 9.67. The first kappa shape index (κ1) is 15.1. The van der Waals surface area contributed by atoms with E-state index in [2.05, 4.69) is 11.6 Å². The molecule has 0 radical (unpaired) electrons. The number of hydrogen-bond acceptors (Lipinski definition) is 6. The van der Waals surface area contributed by atoms with Crippen molar-refractivity contribution in [2.75, 3.05) is 25.4 Å². The minimum atomic E-state index is -2.62. The Morgan fingerprint density at radius 1 is 1.15 bits per heavy atom. The van der Waals surface area contributed by atoms with Gasteiger partial charge in [0.15, 0.2) is 6.19 Å². The molecular weight excluding hydrogens is 276 g/mol. The van der Waals surface area contributed by atoms with Gasteiger partial charge in [-0.1, -0.05) is 36.4 Å². The molecule has 0 amide bonds. The highest BCUT2D eigenvalue weighted by molar-refractivity contribution is 8.22. The summed E-state index contributed by atoms with van der Waals surface area (Å²) >= 11 is 0. The third kappa shape index (κ3) is 3.85. The van der Waals surface area contributed by atoms with E-state index in [1.165, 1.54) is 0 Å². The zero-order valence-corrected chi connectivity index (χ0v) is 12.0. The molecule has 0 bridgehead atoms. The fourth-order valence-electron chi connectivity index (χ4n) is 2.27. The van der Waals surface area contributed by atoms with Crippen molar-refractivity contribution in [3.63, 3.8) is 0 Å². The Bertz CT molecular complexity index is 425. The molecule has 1 aromatic carbocycles. The van der Waals surface area contributed by atoms with Gasteiger partial charge in [-0.15, -0.1) is 15.2 Å². The van der Waals surface area contributed by atoms with Crippen LogP contribution in [-0.4, -0.2) is 49.8 Å². The van der Waals surface area contributed by atoms with Crippen molar-refractivity contribution < 1.29 is 9.11 Å². The summed E-state index contributed by atoms with van der Waals surface area (Å²) in [4.78, 5) is 1.64. The van der Waals surface area contributed by atoms with Gasteiger partial charge in [-0.25, -0.2) is 5.43 Å². The number of benzene rings is 1. The van der Waals surface area contributed by atoms with E-state index < -0.39 is 10.8 Å². The van der Waals surface area contributed by atoms with E-state index in [0.29, 0.717) is 25.4 Å². The van der Waals surface area contributed by atoms with Crippen LogP contribution in [0, 0.1) is 11.5 Å². The van der Waals surface area contributed by atoms with Crippen LogP contribution in [-0.2, 0) is 0 Å². The molecule has 0 spiro atoms. The third-order valence-corrected chi connectivity index (χ3v) is 5.07. The molecule has 2 aliphatic heterocycles. The molecule has 1 atom stereocenters. The molecule has 6 nitrogen and oxygen atoms in total. The summed E-state index contributed by atoms with van der Waals surface area (Å²) in [7, 11) is -2.62. The van der Waals surface area contributed by atoms with Crippen LogP contribution in [0.3, 0.4) is 0 Å². The van der Waals surface area contributed by atoms with E-state index in [1.54, 1.807) is 9.31 Å². The lowest BCUT2D eigenvalue weighted by atomic mass is 10.3. The normalized spacial score (nSPS) is 26.4. The van der Waals surface area contributed by atoms with E-state index in [0.717, 1.165) is 6.42 Å². The predicted octanol–water partition coefficient (Wildman–Crippen LogP) is 1.71. The van der Waals surface area contributed by atoms with Crippen molar-refractivity contribution in [3.8, 4) is 6.19 Å². The standard InChI is InChI=1S/C7H14N4O2S.C6H6/c8-6-10-3-1-7(5-10)11-9-2-4-14(11,12)13;1-2-4-6-5-3-1/h7,9,12-13H,1-5H2;1-6H. The summed E-state index contributed by atoms with van der Waals surface area (Å²) in [5.41, 5.74) is 2.97. The Labute approximate surface area is 121 Å². The lowest BCUT2D eigenvalue weighted by Gasteiger charge is -2.38. The first-order valence-corrected chi connectivity index (χ1v) is 8.24. The van der Waals surface area contributed by atoms with Crippen molar-refractivity contribution in [1.29, 1.82) is 5.26 Å². The molecule has 2 heterocycles.